The second kappa shape index (κ2) is 7.48. The number of aryl methyl sites for hydroxylation is 1. The molecule has 1 aliphatic heterocycles. The molecule has 1 N–H and O–H groups in total. The van der Waals surface area contributed by atoms with E-state index >= 15 is 0 Å². The highest BCUT2D eigenvalue weighted by molar-refractivity contribution is 5.93. The molecule has 1 aliphatic rings. The van der Waals surface area contributed by atoms with Gasteiger partial charge in [0.25, 0.3) is 11.5 Å². The maximum Gasteiger partial charge on any atom is 0.251 e. The number of nitrogens with zero attached hydrogens (tertiary/aromatic N) is 4. The molecule has 7 heteroatoms. The van der Waals surface area contributed by atoms with Crippen LogP contribution in [0.2, 0.25) is 0 Å². The number of hydrogen-bond donors (Lipinski definition) is 1. The minimum absolute atomic E-state index is 0.200. The lowest BCUT2D eigenvalue weighted by Gasteiger charge is -2.33. The Morgan fingerprint density at radius 1 is 1.16 bits per heavy atom. The number of likely N-dealkylation sites (N-methyl/N-ethyl adjacent to an activating group) is 1. The molecule has 1 fully saturated rings. The lowest BCUT2D eigenvalue weighted by Crippen LogP contribution is -2.44. The van der Waals surface area contributed by atoms with Gasteiger partial charge in [-0.05, 0) is 30.8 Å². The third-order valence-corrected chi connectivity index (χ3v) is 4.46. The van der Waals surface area contributed by atoms with Gasteiger partial charge in [-0.3, -0.25) is 9.59 Å². The second-order valence-electron chi connectivity index (χ2n) is 6.36. The summed E-state index contributed by atoms with van der Waals surface area (Å²) in [5, 5.41) is 2.86. The van der Waals surface area contributed by atoms with Crippen LogP contribution in [0.25, 0.3) is 0 Å². The Kier molecular flexibility index (Phi) is 5.14. The molecule has 2 aromatic rings. The van der Waals surface area contributed by atoms with E-state index in [1.807, 2.05) is 12.1 Å². The summed E-state index contributed by atoms with van der Waals surface area (Å²) in [6.07, 6.45) is 3.36. The third kappa shape index (κ3) is 4.24. The van der Waals surface area contributed by atoms with Gasteiger partial charge in [0.15, 0.2) is 0 Å². The van der Waals surface area contributed by atoms with E-state index in [9.17, 15) is 9.59 Å². The summed E-state index contributed by atoms with van der Waals surface area (Å²) < 4.78 is 1.43. The van der Waals surface area contributed by atoms with Crippen molar-refractivity contribution in [1.82, 2.24) is 19.8 Å². The highest BCUT2D eigenvalue weighted by Gasteiger charge is 2.15. The van der Waals surface area contributed by atoms with E-state index in [4.69, 9.17) is 0 Å². The average molecular weight is 341 g/mol. The number of aromatic nitrogens is 2. The van der Waals surface area contributed by atoms with Crippen LogP contribution in [-0.2, 0) is 13.6 Å². The first-order valence-corrected chi connectivity index (χ1v) is 8.36. The maximum atomic E-state index is 12.2. The monoisotopic (exact) mass is 341 g/mol. The van der Waals surface area contributed by atoms with E-state index in [2.05, 4.69) is 27.1 Å². The SMILES string of the molecule is CN1CCN(c2cc(CNC(=O)c3ccn(C)c(=O)c3)ccn2)CC1. The molecule has 1 saturated heterocycles. The molecular weight excluding hydrogens is 318 g/mol. The van der Waals surface area contributed by atoms with Gasteiger partial charge in [0.05, 0.1) is 0 Å². The van der Waals surface area contributed by atoms with Crippen LogP contribution in [0.1, 0.15) is 15.9 Å². The Labute approximate surface area is 146 Å². The molecule has 3 heterocycles. The zero-order chi connectivity index (χ0) is 17.8. The summed E-state index contributed by atoms with van der Waals surface area (Å²) in [7, 11) is 3.77. The van der Waals surface area contributed by atoms with Crippen molar-refractivity contribution in [2.45, 2.75) is 6.54 Å². The number of carbonyl (C=O) groups is 1. The smallest absolute Gasteiger partial charge is 0.251 e. The van der Waals surface area contributed by atoms with Crippen LogP contribution in [0, 0.1) is 0 Å². The van der Waals surface area contributed by atoms with E-state index in [0.717, 1.165) is 37.6 Å². The van der Waals surface area contributed by atoms with Crippen molar-refractivity contribution in [3.8, 4) is 0 Å². The van der Waals surface area contributed by atoms with Crippen molar-refractivity contribution < 1.29 is 4.79 Å². The maximum absolute atomic E-state index is 12.2. The third-order valence-electron chi connectivity index (χ3n) is 4.46. The summed E-state index contributed by atoms with van der Waals surface area (Å²) in [6, 6.07) is 6.88. The van der Waals surface area contributed by atoms with E-state index < -0.39 is 0 Å². The fraction of sp³-hybridized carbons (Fsp3) is 0.389. The number of piperazine rings is 1. The number of pyridine rings is 2. The van der Waals surface area contributed by atoms with Crippen molar-refractivity contribution in [2.24, 2.45) is 7.05 Å². The Bertz CT molecular complexity index is 809. The predicted octanol–water partition coefficient (Wildman–Crippen LogP) is 0.462. The van der Waals surface area contributed by atoms with Gasteiger partial charge in [-0.1, -0.05) is 0 Å². The Balaban J connectivity index is 1.63. The first-order chi connectivity index (χ1) is 12.0. The van der Waals surface area contributed by atoms with Crippen LogP contribution < -0.4 is 15.8 Å². The van der Waals surface area contributed by atoms with Gasteiger partial charge in [0.1, 0.15) is 5.82 Å². The van der Waals surface area contributed by atoms with Crippen molar-refractivity contribution in [3.05, 3.63) is 58.1 Å². The zero-order valence-corrected chi connectivity index (χ0v) is 14.6. The minimum Gasteiger partial charge on any atom is -0.354 e. The topological polar surface area (TPSA) is 70.5 Å². The normalized spacial score (nSPS) is 15.2. The molecule has 25 heavy (non-hydrogen) atoms. The predicted molar refractivity (Wildman–Crippen MR) is 96.8 cm³/mol. The molecule has 0 unspecified atom stereocenters. The molecular formula is C18H23N5O2. The first kappa shape index (κ1) is 17.2. The Hall–Kier alpha value is -2.67. The molecule has 3 rings (SSSR count). The highest BCUT2D eigenvalue weighted by Crippen LogP contribution is 2.14. The van der Waals surface area contributed by atoms with Crippen molar-refractivity contribution in [1.29, 1.82) is 0 Å². The second-order valence-corrected chi connectivity index (χ2v) is 6.36. The molecule has 132 valence electrons. The molecule has 0 aliphatic carbocycles. The van der Waals surface area contributed by atoms with Gasteiger partial charge in [-0.25, -0.2) is 4.98 Å². The molecule has 2 aromatic heterocycles. The molecule has 0 spiro atoms. The fourth-order valence-corrected chi connectivity index (χ4v) is 2.75. The zero-order valence-electron chi connectivity index (χ0n) is 14.6. The Morgan fingerprint density at radius 3 is 2.64 bits per heavy atom. The number of anilines is 1. The van der Waals surface area contributed by atoms with Crippen LogP contribution >= 0.6 is 0 Å². The van der Waals surface area contributed by atoms with Crippen LogP contribution in [0.4, 0.5) is 5.82 Å². The summed E-state index contributed by atoms with van der Waals surface area (Å²) >= 11 is 0. The summed E-state index contributed by atoms with van der Waals surface area (Å²) in [6.45, 7) is 4.34. The molecule has 0 saturated carbocycles. The number of amides is 1. The summed E-state index contributed by atoms with van der Waals surface area (Å²) in [5.41, 5.74) is 1.16. The van der Waals surface area contributed by atoms with E-state index in [1.54, 1.807) is 25.5 Å². The lowest BCUT2D eigenvalue weighted by molar-refractivity contribution is 0.0950. The summed E-state index contributed by atoms with van der Waals surface area (Å²) in [4.78, 5) is 32.8. The number of rotatable bonds is 4. The van der Waals surface area contributed by atoms with Gasteiger partial charge >= 0.3 is 0 Å². The fourth-order valence-electron chi connectivity index (χ4n) is 2.75. The molecule has 1 amide bonds. The largest absolute Gasteiger partial charge is 0.354 e. The first-order valence-electron chi connectivity index (χ1n) is 8.36. The summed E-state index contributed by atoms with van der Waals surface area (Å²) in [5.74, 6) is 0.684. The van der Waals surface area contributed by atoms with Crippen LogP contribution in [-0.4, -0.2) is 53.6 Å². The van der Waals surface area contributed by atoms with Crippen LogP contribution in [0.5, 0.6) is 0 Å². The van der Waals surface area contributed by atoms with E-state index in [-0.39, 0.29) is 11.5 Å². The van der Waals surface area contributed by atoms with Crippen molar-refractivity contribution in [2.75, 3.05) is 38.1 Å². The minimum atomic E-state index is -0.254. The van der Waals surface area contributed by atoms with Gasteiger partial charge in [-0.15, -0.1) is 0 Å². The lowest BCUT2D eigenvalue weighted by atomic mass is 10.2. The van der Waals surface area contributed by atoms with Gasteiger partial charge in [0, 0.05) is 63.8 Å². The molecule has 0 bridgehead atoms. The van der Waals surface area contributed by atoms with Gasteiger partial charge < -0.3 is 19.7 Å². The van der Waals surface area contributed by atoms with Crippen LogP contribution in [0.3, 0.4) is 0 Å². The molecule has 0 radical (unpaired) electrons. The quantitative estimate of drug-likeness (QED) is 0.875. The van der Waals surface area contributed by atoms with Crippen molar-refractivity contribution in [3.63, 3.8) is 0 Å². The van der Waals surface area contributed by atoms with Crippen LogP contribution in [0.15, 0.2) is 41.5 Å². The molecule has 0 aromatic carbocycles. The number of carbonyl (C=O) groups excluding carboxylic acids is 1. The van der Waals surface area contributed by atoms with Gasteiger partial charge in [0.2, 0.25) is 0 Å². The molecule has 7 nitrogen and oxygen atoms in total. The average Bonchev–Trinajstić information content (AvgIpc) is 2.63. The number of hydrogen-bond acceptors (Lipinski definition) is 5. The highest BCUT2D eigenvalue weighted by atomic mass is 16.2. The van der Waals surface area contributed by atoms with E-state index in [0.29, 0.717) is 12.1 Å². The molecule has 0 atom stereocenters. The standard InChI is InChI=1S/C18H23N5O2/c1-21-7-9-23(10-8-21)16-11-14(3-5-19-16)13-20-18(25)15-4-6-22(2)17(24)12-15/h3-6,11-12H,7-10,13H2,1-2H3,(H,20,25). The number of nitrogens with one attached hydrogen (secondary N) is 1. The Morgan fingerprint density at radius 2 is 1.92 bits per heavy atom. The van der Waals surface area contributed by atoms with Gasteiger partial charge in [-0.2, -0.15) is 0 Å². The van der Waals surface area contributed by atoms with Crippen molar-refractivity contribution >= 4 is 11.7 Å². The van der Waals surface area contributed by atoms with E-state index in [1.165, 1.54) is 10.6 Å².